The molecule has 2 aliphatic heterocycles. The van der Waals surface area contributed by atoms with Gasteiger partial charge in [0.2, 0.25) is 0 Å². The first kappa shape index (κ1) is 22.1. The zero-order valence-corrected chi connectivity index (χ0v) is 18.7. The minimum Gasteiger partial charge on any atom is -0.492 e. The van der Waals surface area contributed by atoms with Gasteiger partial charge in [0, 0.05) is 23.9 Å². The predicted molar refractivity (Wildman–Crippen MR) is 120 cm³/mol. The first-order valence-corrected chi connectivity index (χ1v) is 12.5. The number of nitrogens with zero attached hydrogens (tertiary/aromatic N) is 2. The van der Waals surface area contributed by atoms with Gasteiger partial charge in [-0.2, -0.15) is 0 Å². The second kappa shape index (κ2) is 8.55. The second-order valence-electron chi connectivity index (χ2n) is 8.72. The molecule has 0 amide bonds. The van der Waals surface area contributed by atoms with E-state index in [1.807, 2.05) is 6.08 Å². The first-order chi connectivity index (χ1) is 15.9. The zero-order valence-electron chi connectivity index (χ0n) is 17.9. The van der Waals surface area contributed by atoms with Gasteiger partial charge >= 0.3 is 5.97 Å². The van der Waals surface area contributed by atoms with Gasteiger partial charge in [0.15, 0.2) is 0 Å². The molecule has 2 fully saturated rings. The van der Waals surface area contributed by atoms with Crippen molar-refractivity contribution in [2.24, 2.45) is 5.92 Å². The van der Waals surface area contributed by atoms with Crippen LogP contribution in [-0.4, -0.2) is 61.2 Å². The molecule has 0 spiro atoms. The number of aromatic carboxylic acids is 1. The van der Waals surface area contributed by atoms with Crippen molar-refractivity contribution in [3.63, 3.8) is 0 Å². The summed E-state index contributed by atoms with van der Waals surface area (Å²) in [6, 6.07) is 10.1. The number of halogens is 1. The molecule has 0 bridgehead atoms. The lowest BCUT2D eigenvalue weighted by atomic mass is 10.0. The van der Waals surface area contributed by atoms with Gasteiger partial charge in [0.25, 0.3) is 10.0 Å². The molecule has 2 heterocycles. The summed E-state index contributed by atoms with van der Waals surface area (Å²) in [5.74, 6) is -1.74. The van der Waals surface area contributed by atoms with E-state index in [-0.39, 0.29) is 33.3 Å². The Morgan fingerprint density at radius 3 is 2.70 bits per heavy atom. The van der Waals surface area contributed by atoms with Crippen molar-refractivity contribution < 1.29 is 27.5 Å². The molecule has 0 radical (unpaired) electrons. The van der Waals surface area contributed by atoms with Crippen LogP contribution in [0.25, 0.3) is 6.08 Å². The van der Waals surface area contributed by atoms with Gasteiger partial charge in [-0.05, 0) is 48.2 Å². The highest BCUT2D eigenvalue weighted by Gasteiger charge is 2.61. The van der Waals surface area contributed by atoms with E-state index in [4.69, 9.17) is 4.74 Å². The molecular weight excluding hydrogens is 447 g/mol. The zero-order chi connectivity index (χ0) is 23.2. The summed E-state index contributed by atoms with van der Waals surface area (Å²) >= 11 is 0. The smallest absolute Gasteiger partial charge is 0.339 e. The third-order valence-electron chi connectivity index (χ3n) is 6.70. The minimum atomic E-state index is -4.41. The maximum atomic E-state index is 15.5. The van der Waals surface area contributed by atoms with Crippen LogP contribution in [0, 0.1) is 5.92 Å². The van der Waals surface area contributed by atoms with E-state index in [9.17, 15) is 18.3 Å². The van der Waals surface area contributed by atoms with Crippen molar-refractivity contribution in [1.82, 2.24) is 9.43 Å². The highest BCUT2D eigenvalue weighted by molar-refractivity contribution is 7.89. The molecule has 1 N–H and O–H groups in total. The van der Waals surface area contributed by atoms with Crippen LogP contribution in [-0.2, 0) is 10.0 Å². The summed E-state index contributed by atoms with van der Waals surface area (Å²) in [5, 5.41) is 9.39. The van der Waals surface area contributed by atoms with Gasteiger partial charge in [0.05, 0.1) is 17.5 Å². The molecule has 3 unspecified atom stereocenters. The summed E-state index contributed by atoms with van der Waals surface area (Å²) in [4.78, 5) is 13.7. The van der Waals surface area contributed by atoms with E-state index in [0.717, 1.165) is 19.6 Å². The molecule has 7 nitrogen and oxygen atoms in total. The van der Waals surface area contributed by atoms with Crippen LogP contribution in [0.5, 0.6) is 5.75 Å². The number of carbonyl (C=O) groups is 1. The number of likely N-dealkylation sites (tertiary alicyclic amines) is 1. The van der Waals surface area contributed by atoms with Crippen LogP contribution < -0.4 is 4.74 Å². The number of carboxylic acid groups (broad SMARTS) is 1. The molecule has 1 saturated heterocycles. The SMILES string of the molecule is O=C(O)c1cccc2c1OCC1C2C1N(F)S(=O)(=O)c1ccccc1/C=C\CN1CCCC1. The van der Waals surface area contributed by atoms with Gasteiger partial charge in [0.1, 0.15) is 11.3 Å². The fourth-order valence-electron chi connectivity index (χ4n) is 4.98. The molecule has 1 aliphatic carbocycles. The van der Waals surface area contributed by atoms with Crippen molar-refractivity contribution >= 4 is 22.1 Å². The summed E-state index contributed by atoms with van der Waals surface area (Å²) in [5.41, 5.74) is 0.971. The number of fused-ring (bicyclic) bond motifs is 3. The van der Waals surface area contributed by atoms with Crippen LogP contribution in [0.4, 0.5) is 4.48 Å². The maximum absolute atomic E-state index is 15.5. The molecule has 3 atom stereocenters. The van der Waals surface area contributed by atoms with Crippen molar-refractivity contribution in [3.8, 4) is 5.75 Å². The van der Waals surface area contributed by atoms with Crippen LogP contribution in [0.1, 0.15) is 40.2 Å². The third-order valence-corrected chi connectivity index (χ3v) is 8.33. The summed E-state index contributed by atoms with van der Waals surface area (Å²) in [6.45, 7) is 2.85. The Bertz CT molecular complexity index is 1210. The highest BCUT2D eigenvalue weighted by atomic mass is 32.2. The molecule has 33 heavy (non-hydrogen) atoms. The maximum Gasteiger partial charge on any atom is 0.339 e. The molecule has 3 aliphatic rings. The van der Waals surface area contributed by atoms with Gasteiger partial charge in [-0.25, -0.2) is 13.2 Å². The van der Waals surface area contributed by atoms with Crippen LogP contribution in [0.15, 0.2) is 53.4 Å². The number of ether oxygens (including phenoxy) is 1. The Hall–Kier alpha value is -2.75. The molecule has 2 aromatic carbocycles. The van der Waals surface area contributed by atoms with Gasteiger partial charge in [-0.15, -0.1) is 4.48 Å². The molecule has 1 saturated carbocycles. The van der Waals surface area contributed by atoms with E-state index < -0.39 is 28.0 Å². The number of hydrogen-bond acceptors (Lipinski definition) is 5. The lowest BCUT2D eigenvalue weighted by Crippen LogP contribution is -2.28. The van der Waals surface area contributed by atoms with Gasteiger partial charge in [-0.3, -0.25) is 4.90 Å². The Balaban J connectivity index is 1.39. The molecule has 9 heteroatoms. The molecule has 0 aromatic heterocycles. The number of hydrogen-bond donors (Lipinski definition) is 1. The Morgan fingerprint density at radius 2 is 1.94 bits per heavy atom. The Morgan fingerprint density at radius 1 is 1.18 bits per heavy atom. The summed E-state index contributed by atoms with van der Waals surface area (Å²) in [6.07, 6.45) is 5.98. The minimum absolute atomic E-state index is 0.00153. The Kier molecular flexibility index (Phi) is 5.72. The lowest BCUT2D eigenvalue weighted by molar-refractivity contribution is 0.0690. The molecule has 2 aromatic rings. The average Bonchev–Trinajstić information content (AvgIpc) is 3.32. The average molecular weight is 473 g/mol. The highest BCUT2D eigenvalue weighted by Crippen LogP contribution is 2.58. The quantitative estimate of drug-likeness (QED) is 0.621. The first-order valence-electron chi connectivity index (χ1n) is 11.1. The van der Waals surface area contributed by atoms with Crippen LogP contribution >= 0.6 is 0 Å². The van der Waals surface area contributed by atoms with Crippen molar-refractivity contribution in [2.45, 2.75) is 29.7 Å². The van der Waals surface area contributed by atoms with E-state index in [1.54, 1.807) is 36.4 Å². The molecular formula is C24H25FN2O5S. The van der Waals surface area contributed by atoms with Crippen molar-refractivity contribution in [3.05, 3.63) is 65.2 Å². The molecule has 174 valence electrons. The normalized spacial score (nSPS) is 24.5. The van der Waals surface area contributed by atoms with Gasteiger partial charge < -0.3 is 9.84 Å². The number of rotatable bonds is 7. The van der Waals surface area contributed by atoms with Crippen molar-refractivity contribution in [2.75, 3.05) is 26.2 Å². The number of para-hydroxylation sites is 1. The fourth-order valence-corrected chi connectivity index (χ4v) is 6.46. The van der Waals surface area contributed by atoms with Gasteiger partial charge in [-0.1, -0.05) is 42.5 Å². The molecule has 5 rings (SSSR count). The topological polar surface area (TPSA) is 87.1 Å². The standard InChI is InChI=1S/C24H25FN2O5S/c25-27(22-19-15-32-23-17(21(19)22)9-5-10-18(23)24(28)29)33(30,31)20-11-2-1-7-16(20)8-6-14-26-12-3-4-13-26/h1-2,5-11,19,21-22H,3-4,12-15H2,(H,28,29)/b8-6-. The Labute approximate surface area is 192 Å². The van der Waals surface area contributed by atoms with E-state index in [2.05, 4.69) is 4.90 Å². The fraction of sp³-hybridized carbons (Fsp3) is 0.375. The summed E-state index contributed by atoms with van der Waals surface area (Å²) < 4.78 is 47.6. The van der Waals surface area contributed by atoms with Crippen LogP contribution in [0.2, 0.25) is 0 Å². The third kappa shape index (κ3) is 3.94. The second-order valence-corrected chi connectivity index (χ2v) is 10.5. The predicted octanol–water partition coefficient (Wildman–Crippen LogP) is 3.54. The largest absolute Gasteiger partial charge is 0.492 e. The lowest BCUT2D eigenvalue weighted by Gasteiger charge is -2.17. The number of benzene rings is 2. The van der Waals surface area contributed by atoms with Crippen LogP contribution in [0.3, 0.4) is 0 Å². The summed E-state index contributed by atoms with van der Waals surface area (Å²) in [7, 11) is -4.41. The van der Waals surface area contributed by atoms with Crippen molar-refractivity contribution in [1.29, 1.82) is 0 Å². The van der Waals surface area contributed by atoms with E-state index in [0.29, 0.717) is 11.1 Å². The number of carboxylic acids is 1. The monoisotopic (exact) mass is 472 g/mol. The number of sulfonamides is 1. The van der Waals surface area contributed by atoms with E-state index in [1.165, 1.54) is 25.0 Å². The van der Waals surface area contributed by atoms with E-state index >= 15 is 4.48 Å².